The SMILES string of the molecule is COc1ccc(/C(O)=C2/C(=O)C(=O)N(C3CCCC3)C2c2sccc2C)cc1OC. The summed E-state index contributed by atoms with van der Waals surface area (Å²) in [5.74, 6) is -0.386. The molecule has 1 saturated heterocycles. The molecule has 158 valence electrons. The van der Waals surface area contributed by atoms with E-state index in [0.717, 1.165) is 36.1 Å². The monoisotopic (exact) mass is 427 g/mol. The third-order valence-corrected chi connectivity index (χ3v) is 7.08. The number of thiophene rings is 1. The lowest BCUT2D eigenvalue weighted by atomic mass is 9.97. The zero-order valence-electron chi connectivity index (χ0n) is 17.3. The number of aliphatic hydroxyl groups is 1. The quantitative estimate of drug-likeness (QED) is 0.434. The van der Waals surface area contributed by atoms with Crippen molar-refractivity contribution in [2.24, 2.45) is 0 Å². The van der Waals surface area contributed by atoms with E-state index in [4.69, 9.17) is 9.47 Å². The van der Waals surface area contributed by atoms with Gasteiger partial charge in [-0.15, -0.1) is 11.3 Å². The van der Waals surface area contributed by atoms with Gasteiger partial charge in [0, 0.05) is 16.5 Å². The van der Waals surface area contributed by atoms with Crippen LogP contribution >= 0.6 is 11.3 Å². The average molecular weight is 428 g/mol. The van der Waals surface area contributed by atoms with Gasteiger partial charge in [-0.2, -0.15) is 0 Å². The van der Waals surface area contributed by atoms with Crippen LogP contribution in [0, 0.1) is 6.92 Å². The van der Waals surface area contributed by atoms with Crippen molar-refractivity contribution in [3.8, 4) is 11.5 Å². The zero-order chi connectivity index (χ0) is 21.4. The second kappa shape index (κ2) is 8.14. The first kappa shape index (κ1) is 20.5. The first-order valence-electron chi connectivity index (χ1n) is 10.0. The van der Waals surface area contributed by atoms with Crippen LogP contribution in [0.2, 0.25) is 0 Å². The minimum Gasteiger partial charge on any atom is -0.507 e. The van der Waals surface area contributed by atoms with Crippen molar-refractivity contribution in [1.82, 2.24) is 4.90 Å². The largest absolute Gasteiger partial charge is 0.507 e. The number of amides is 1. The van der Waals surface area contributed by atoms with Gasteiger partial charge in [-0.3, -0.25) is 9.59 Å². The van der Waals surface area contributed by atoms with Gasteiger partial charge in [0.2, 0.25) is 0 Å². The number of methoxy groups -OCH3 is 2. The summed E-state index contributed by atoms with van der Waals surface area (Å²) in [5, 5.41) is 13.2. The number of ketones is 1. The predicted octanol–water partition coefficient (Wildman–Crippen LogP) is 4.44. The summed E-state index contributed by atoms with van der Waals surface area (Å²) in [6.07, 6.45) is 3.84. The Bertz CT molecular complexity index is 1020. The van der Waals surface area contributed by atoms with Crippen LogP contribution in [0.15, 0.2) is 35.2 Å². The number of aryl methyl sites for hydroxylation is 1. The summed E-state index contributed by atoms with van der Waals surface area (Å²) < 4.78 is 10.6. The molecule has 1 aliphatic carbocycles. The van der Waals surface area contributed by atoms with Crippen LogP contribution in [0.25, 0.3) is 5.76 Å². The third-order valence-electron chi connectivity index (χ3n) is 6.01. The molecule has 0 spiro atoms. The Kier molecular flexibility index (Phi) is 5.56. The average Bonchev–Trinajstić information content (AvgIpc) is 3.48. The predicted molar refractivity (Wildman–Crippen MR) is 115 cm³/mol. The smallest absolute Gasteiger partial charge is 0.295 e. The number of likely N-dealkylation sites (tertiary alicyclic amines) is 1. The lowest BCUT2D eigenvalue weighted by molar-refractivity contribution is -0.141. The number of carbonyl (C=O) groups is 2. The highest BCUT2D eigenvalue weighted by Gasteiger charge is 2.50. The second-order valence-corrected chi connectivity index (χ2v) is 8.63. The van der Waals surface area contributed by atoms with Crippen molar-refractivity contribution in [1.29, 1.82) is 0 Å². The Hall–Kier alpha value is -2.80. The van der Waals surface area contributed by atoms with Crippen LogP contribution in [0.5, 0.6) is 11.5 Å². The molecule has 1 amide bonds. The topological polar surface area (TPSA) is 76.1 Å². The number of ether oxygens (including phenoxy) is 2. The van der Waals surface area contributed by atoms with Crippen LogP contribution in [0.1, 0.15) is 47.7 Å². The number of nitrogens with zero attached hydrogens (tertiary/aromatic N) is 1. The van der Waals surface area contributed by atoms with Crippen molar-refractivity contribution in [3.63, 3.8) is 0 Å². The van der Waals surface area contributed by atoms with E-state index in [1.807, 2.05) is 18.4 Å². The molecule has 1 aromatic heterocycles. The summed E-state index contributed by atoms with van der Waals surface area (Å²) in [7, 11) is 3.04. The summed E-state index contributed by atoms with van der Waals surface area (Å²) in [6, 6.07) is 6.38. The standard InChI is InChI=1S/C23H25NO5S/c1-13-10-11-30-22(13)19-18(21(26)23(27)24(19)15-6-4-5-7-15)20(25)14-8-9-16(28-2)17(12-14)29-3/h8-12,15,19,25H,4-7H2,1-3H3/b20-18-. The van der Waals surface area contributed by atoms with Crippen molar-refractivity contribution >= 4 is 28.8 Å². The highest BCUT2D eigenvalue weighted by atomic mass is 32.1. The fourth-order valence-electron chi connectivity index (χ4n) is 4.47. The molecule has 30 heavy (non-hydrogen) atoms. The van der Waals surface area contributed by atoms with Gasteiger partial charge in [-0.25, -0.2) is 0 Å². The molecular weight excluding hydrogens is 402 g/mol. The minimum atomic E-state index is -0.632. The Morgan fingerprint density at radius 1 is 1.10 bits per heavy atom. The molecule has 1 aliphatic heterocycles. The van der Waals surface area contributed by atoms with Gasteiger partial charge in [-0.1, -0.05) is 12.8 Å². The van der Waals surface area contributed by atoms with Gasteiger partial charge in [0.05, 0.1) is 19.8 Å². The Morgan fingerprint density at radius 2 is 1.80 bits per heavy atom. The van der Waals surface area contributed by atoms with Gasteiger partial charge in [-0.05, 0) is 55.0 Å². The summed E-state index contributed by atoms with van der Waals surface area (Å²) in [5.41, 5.74) is 1.56. The molecule has 2 aromatic rings. The highest BCUT2D eigenvalue weighted by Crippen LogP contribution is 2.46. The number of rotatable bonds is 5. The number of benzene rings is 1. The minimum absolute atomic E-state index is 0.0173. The molecular formula is C23H25NO5S. The van der Waals surface area contributed by atoms with Crippen molar-refractivity contribution in [3.05, 3.63) is 51.2 Å². The first-order valence-corrected chi connectivity index (χ1v) is 10.9. The van der Waals surface area contributed by atoms with Crippen LogP contribution in [-0.2, 0) is 9.59 Å². The Labute approximate surface area is 179 Å². The molecule has 1 atom stereocenters. The lowest BCUT2D eigenvalue weighted by Gasteiger charge is -2.30. The third kappa shape index (κ3) is 3.27. The lowest BCUT2D eigenvalue weighted by Crippen LogP contribution is -2.37. The maximum absolute atomic E-state index is 13.1. The number of hydrogen-bond donors (Lipinski definition) is 1. The summed E-state index contributed by atoms with van der Waals surface area (Å²) in [6.45, 7) is 1.97. The summed E-state index contributed by atoms with van der Waals surface area (Å²) in [4.78, 5) is 28.8. The number of hydrogen-bond acceptors (Lipinski definition) is 6. The fourth-order valence-corrected chi connectivity index (χ4v) is 5.50. The molecule has 4 rings (SSSR count). The van der Waals surface area contributed by atoms with Crippen molar-refractivity contribution in [2.45, 2.75) is 44.7 Å². The molecule has 2 heterocycles. The maximum atomic E-state index is 13.1. The normalized spacial score (nSPS) is 21.4. The van der Waals surface area contributed by atoms with Crippen LogP contribution in [-0.4, -0.2) is 42.0 Å². The van der Waals surface area contributed by atoms with Gasteiger partial charge in [0.25, 0.3) is 11.7 Å². The molecule has 1 N–H and O–H groups in total. The molecule has 1 saturated carbocycles. The fraction of sp³-hybridized carbons (Fsp3) is 0.391. The van der Waals surface area contributed by atoms with E-state index in [0.29, 0.717) is 17.1 Å². The molecule has 0 bridgehead atoms. The molecule has 1 aromatic carbocycles. The molecule has 2 aliphatic rings. The first-order chi connectivity index (χ1) is 14.5. The van der Waals surface area contributed by atoms with Crippen LogP contribution in [0.3, 0.4) is 0 Å². The molecule has 6 nitrogen and oxygen atoms in total. The molecule has 2 fully saturated rings. The highest BCUT2D eigenvalue weighted by molar-refractivity contribution is 7.10. The van der Waals surface area contributed by atoms with E-state index < -0.39 is 17.7 Å². The van der Waals surface area contributed by atoms with Crippen LogP contribution in [0.4, 0.5) is 0 Å². The molecule has 1 unspecified atom stereocenters. The van der Waals surface area contributed by atoms with E-state index in [2.05, 4.69) is 0 Å². The number of aliphatic hydroxyl groups excluding tert-OH is 1. The van der Waals surface area contributed by atoms with E-state index in [-0.39, 0.29) is 17.4 Å². The Balaban J connectivity index is 1.88. The van der Waals surface area contributed by atoms with E-state index in [1.165, 1.54) is 25.6 Å². The van der Waals surface area contributed by atoms with Crippen LogP contribution < -0.4 is 9.47 Å². The van der Waals surface area contributed by atoms with Crippen molar-refractivity contribution < 1.29 is 24.2 Å². The van der Waals surface area contributed by atoms with Gasteiger partial charge in [0.1, 0.15) is 11.8 Å². The van der Waals surface area contributed by atoms with Crippen molar-refractivity contribution in [2.75, 3.05) is 14.2 Å². The molecule has 7 heteroatoms. The van der Waals surface area contributed by atoms with E-state index >= 15 is 0 Å². The maximum Gasteiger partial charge on any atom is 0.295 e. The second-order valence-electron chi connectivity index (χ2n) is 7.68. The Morgan fingerprint density at radius 3 is 2.40 bits per heavy atom. The van der Waals surface area contributed by atoms with Gasteiger partial charge in [0.15, 0.2) is 11.5 Å². The number of Topliss-reactive ketones (excluding diaryl/α,β-unsaturated/α-hetero) is 1. The van der Waals surface area contributed by atoms with Gasteiger partial charge >= 0.3 is 0 Å². The van der Waals surface area contributed by atoms with E-state index in [9.17, 15) is 14.7 Å². The van der Waals surface area contributed by atoms with E-state index in [1.54, 1.807) is 23.1 Å². The molecule has 0 radical (unpaired) electrons. The summed E-state index contributed by atoms with van der Waals surface area (Å²) >= 11 is 1.51. The zero-order valence-corrected chi connectivity index (χ0v) is 18.1. The number of carbonyl (C=O) groups excluding carboxylic acids is 2. The van der Waals surface area contributed by atoms with Gasteiger partial charge < -0.3 is 19.5 Å².